The first kappa shape index (κ1) is 16.4. The first-order chi connectivity index (χ1) is 12.5. The van der Waals surface area contributed by atoms with Gasteiger partial charge in [0.05, 0.1) is 11.5 Å². The molecule has 0 saturated carbocycles. The highest BCUT2D eigenvalue weighted by atomic mass is 16.1. The fourth-order valence-electron chi connectivity index (χ4n) is 3.78. The van der Waals surface area contributed by atoms with Crippen molar-refractivity contribution in [2.75, 3.05) is 0 Å². The molecule has 0 amide bonds. The molecule has 1 N–H and O–H groups in total. The van der Waals surface area contributed by atoms with Gasteiger partial charge in [0.15, 0.2) is 0 Å². The number of aromatic amines is 1. The maximum absolute atomic E-state index is 11.9. The molecule has 1 atom stereocenters. The number of benzene rings is 2. The van der Waals surface area contributed by atoms with E-state index in [-0.39, 0.29) is 5.56 Å². The largest absolute Gasteiger partial charge is 0.322 e. The third-order valence-corrected chi connectivity index (χ3v) is 5.33. The Labute approximate surface area is 152 Å². The summed E-state index contributed by atoms with van der Waals surface area (Å²) in [5.41, 5.74) is 5.54. The van der Waals surface area contributed by atoms with Crippen molar-refractivity contribution in [3.8, 4) is 6.07 Å². The molecule has 0 fully saturated rings. The number of fused-ring (bicyclic) bond motifs is 2. The van der Waals surface area contributed by atoms with Crippen molar-refractivity contribution in [2.45, 2.75) is 32.1 Å². The van der Waals surface area contributed by atoms with Gasteiger partial charge in [-0.3, -0.25) is 4.79 Å². The highest BCUT2D eigenvalue weighted by Crippen LogP contribution is 2.36. The van der Waals surface area contributed by atoms with Crippen LogP contribution in [-0.2, 0) is 11.8 Å². The summed E-state index contributed by atoms with van der Waals surface area (Å²) in [4.78, 5) is 14.9. The lowest BCUT2D eigenvalue weighted by atomic mass is 9.78. The van der Waals surface area contributed by atoms with Gasteiger partial charge < -0.3 is 4.98 Å². The monoisotopic (exact) mass is 340 g/mol. The van der Waals surface area contributed by atoms with Gasteiger partial charge in [-0.1, -0.05) is 48.0 Å². The van der Waals surface area contributed by atoms with Gasteiger partial charge in [0.1, 0.15) is 0 Å². The van der Waals surface area contributed by atoms with E-state index in [2.05, 4.69) is 35.3 Å². The van der Waals surface area contributed by atoms with E-state index < -0.39 is 5.41 Å². The Balaban J connectivity index is 1.70. The molecule has 4 rings (SSSR count). The molecule has 2 aromatic carbocycles. The minimum absolute atomic E-state index is 0.0812. The van der Waals surface area contributed by atoms with E-state index >= 15 is 0 Å². The number of hydrogen-bond donors (Lipinski definition) is 1. The molecule has 3 aromatic rings. The Hall–Kier alpha value is -3.12. The summed E-state index contributed by atoms with van der Waals surface area (Å²) < 4.78 is 0. The summed E-state index contributed by atoms with van der Waals surface area (Å²) >= 11 is 0. The standard InChI is InChI=1S/C23H20N2O/c1-15-9-19-7-8-20(12-21(19)25-22(15)26)23(2,14-24)13-16-10-17-5-3-4-6-18(17)11-16/h3-10,12H,11,13H2,1-2H3,(H,25,26). The summed E-state index contributed by atoms with van der Waals surface area (Å²) in [6, 6.07) is 18.7. The third-order valence-electron chi connectivity index (χ3n) is 5.33. The Morgan fingerprint density at radius 3 is 2.77 bits per heavy atom. The fourth-order valence-corrected chi connectivity index (χ4v) is 3.78. The van der Waals surface area contributed by atoms with Crippen molar-refractivity contribution < 1.29 is 0 Å². The summed E-state index contributed by atoms with van der Waals surface area (Å²) in [5, 5.41) is 10.9. The van der Waals surface area contributed by atoms with Crippen molar-refractivity contribution in [3.63, 3.8) is 0 Å². The minimum atomic E-state index is -0.635. The Morgan fingerprint density at radius 1 is 1.19 bits per heavy atom. The molecule has 3 nitrogen and oxygen atoms in total. The van der Waals surface area contributed by atoms with Crippen LogP contribution in [-0.4, -0.2) is 4.98 Å². The molecule has 1 aromatic heterocycles. The van der Waals surface area contributed by atoms with E-state index in [0.29, 0.717) is 12.0 Å². The van der Waals surface area contributed by atoms with Crippen LogP contribution in [0.15, 0.2) is 58.9 Å². The molecule has 0 saturated heterocycles. The Morgan fingerprint density at radius 2 is 2.00 bits per heavy atom. The third kappa shape index (κ3) is 2.74. The van der Waals surface area contributed by atoms with Gasteiger partial charge in [0.2, 0.25) is 0 Å². The average molecular weight is 340 g/mol. The molecule has 0 bridgehead atoms. The second kappa shape index (κ2) is 6.00. The van der Waals surface area contributed by atoms with E-state index in [9.17, 15) is 10.1 Å². The molecular formula is C23H20N2O. The summed E-state index contributed by atoms with van der Waals surface area (Å²) in [6.45, 7) is 3.78. The molecule has 128 valence electrons. The number of allylic oxidation sites excluding steroid dienone is 1. The molecule has 3 heteroatoms. The lowest BCUT2D eigenvalue weighted by molar-refractivity contribution is 0.599. The quantitative estimate of drug-likeness (QED) is 0.754. The molecule has 0 radical (unpaired) electrons. The number of H-pyrrole nitrogens is 1. The molecule has 1 aliphatic rings. The number of nitrogens with one attached hydrogen (secondary N) is 1. The van der Waals surface area contributed by atoms with Crippen LogP contribution in [0.25, 0.3) is 17.0 Å². The maximum atomic E-state index is 11.9. The highest BCUT2D eigenvalue weighted by molar-refractivity contribution is 5.80. The van der Waals surface area contributed by atoms with E-state index in [1.807, 2.05) is 37.3 Å². The first-order valence-electron chi connectivity index (χ1n) is 8.81. The number of aryl methyl sites for hydroxylation is 1. The van der Waals surface area contributed by atoms with E-state index in [0.717, 1.165) is 22.9 Å². The maximum Gasteiger partial charge on any atom is 0.251 e. The van der Waals surface area contributed by atoms with Crippen molar-refractivity contribution in [1.29, 1.82) is 5.26 Å². The van der Waals surface area contributed by atoms with Crippen molar-refractivity contribution in [3.05, 3.63) is 86.7 Å². The smallest absolute Gasteiger partial charge is 0.251 e. The number of pyridine rings is 1. The predicted molar refractivity (Wildman–Crippen MR) is 105 cm³/mol. The van der Waals surface area contributed by atoms with E-state index in [1.54, 1.807) is 6.92 Å². The molecular weight excluding hydrogens is 320 g/mol. The number of nitrogens with zero attached hydrogens (tertiary/aromatic N) is 1. The summed E-state index contributed by atoms with van der Waals surface area (Å²) in [7, 11) is 0. The second-order valence-corrected chi connectivity index (χ2v) is 7.38. The number of hydrogen-bond acceptors (Lipinski definition) is 2. The van der Waals surface area contributed by atoms with Crippen molar-refractivity contribution in [1.82, 2.24) is 4.98 Å². The van der Waals surface area contributed by atoms with Gasteiger partial charge >= 0.3 is 0 Å². The Kier molecular flexibility index (Phi) is 3.77. The van der Waals surface area contributed by atoms with Gasteiger partial charge in [0, 0.05) is 11.1 Å². The van der Waals surface area contributed by atoms with E-state index in [1.165, 1.54) is 16.7 Å². The van der Waals surface area contributed by atoms with Gasteiger partial charge in [-0.05, 0) is 60.9 Å². The summed E-state index contributed by atoms with van der Waals surface area (Å²) in [6.07, 6.45) is 3.79. The van der Waals surface area contributed by atoms with Crippen LogP contribution in [0.2, 0.25) is 0 Å². The summed E-state index contributed by atoms with van der Waals surface area (Å²) in [5.74, 6) is 0. The number of nitriles is 1. The molecule has 1 unspecified atom stereocenters. The highest BCUT2D eigenvalue weighted by Gasteiger charge is 2.29. The van der Waals surface area contributed by atoms with Gasteiger partial charge in [-0.15, -0.1) is 0 Å². The van der Waals surface area contributed by atoms with Crippen LogP contribution < -0.4 is 5.56 Å². The van der Waals surface area contributed by atoms with Crippen LogP contribution in [0.4, 0.5) is 0 Å². The zero-order chi connectivity index (χ0) is 18.3. The lowest BCUT2D eigenvalue weighted by Crippen LogP contribution is -2.21. The normalized spacial score (nSPS) is 15.2. The van der Waals surface area contributed by atoms with Crippen molar-refractivity contribution >= 4 is 17.0 Å². The van der Waals surface area contributed by atoms with E-state index in [4.69, 9.17) is 0 Å². The SMILES string of the molecule is Cc1cc2ccc(C(C)(C#N)CC3=Cc4ccccc4C3)cc2[nH]c1=O. The van der Waals surface area contributed by atoms with Crippen LogP contribution in [0.5, 0.6) is 0 Å². The zero-order valence-corrected chi connectivity index (χ0v) is 15.0. The number of aromatic nitrogens is 1. The van der Waals surface area contributed by atoms with Crippen molar-refractivity contribution in [2.24, 2.45) is 0 Å². The van der Waals surface area contributed by atoms with Crippen LogP contribution >= 0.6 is 0 Å². The second-order valence-electron chi connectivity index (χ2n) is 7.38. The molecule has 26 heavy (non-hydrogen) atoms. The minimum Gasteiger partial charge on any atom is -0.322 e. The predicted octanol–water partition coefficient (Wildman–Crippen LogP) is 4.65. The van der Waals surface area contributed by atoms with Crippen LogP contribution in [0.1, 0.15) is 35.6 Å². The number of rotatable bonds is 3. The average Bonchev–Trinajstić information content (AvgIpc) is 3.04. The molecule has 1 heterocycles. The first-order valence-corrected chi connectivity index (χ1v) is 8.81. The zero-order valence-electron chi connectivity index (χ0n) is 15.0. The molecule has 1 aliphatic carbocycles. The lowest BCUT2D eigenvalue weighted by Gasteiger charge is -2.23. The van der Waals surface area contributed by atoms with Crippen LogP contribution in [0.3, 0.4) is 0 Å². The molecule has 0 spiro atoms. The fraction of sp³-hybridized carbons (Fsp3) is 0.217. The van der Waals surface area contributed by atoms with Gasteiger partial charge in [-0.2, -0.15) is 5.26 Å². The molecule has 0 aliphatic heterocycles. The van der Waals surface area contributed by atoms with Gasteiger partial charge in [0.25, 0.3) is 5.56 Å². The van der Waals surface area contributed by atoms with Crippen LogP contribution in [0, 0.1) is 18.3 Å². The topological polar surface area (TPSA) is 56.6 Å². The van der Waals surface area contributed by atoms with Gasteiger partial charge in [-0.25, -0.2) is 0 Å². The Bertz CT molecular complexity index is 1150.